The third kappa shape index (κ3) is 2.00. The molecular formula is C14H13N3O. The topological polar surface area (TPSA) is 52.5 Å². The van der Waals surface area contributed by atoms with E-state index >= 15 is 0 Å². The van der Waals surface area contributed by atoms with Crippen molar-refractivity contribution in [1.29, 1.82) is 0 Å². The molecule has 3 rings (SSSR count). The number of benzene rings is 1. The van der Waals surface area contributed by atoms with Gasteiger partial charge in [-0.1, -0.05) is 24.3 Å². The van der Waals surface area contributed by atoms with Gasteiger partial charge in [0.1, 0.15) is 23.8 Å². The molecule has 4 nitrogen and oxygen atoms in total. The molecule has 0 aliphatic carbocycles. The lowest BCUT2D eigenvalue weighted by molar-refractivity contribution is 0.302. The van der Waals surface area contributed by atoms with Gasteiger partial charge in [-0.3, -0.25) is 4.40 Å². The van der Waals surface area contributed by atoms with E-state index in [0.29, 0.717) is 12.4 Å². The molecular weight excluding hydrogens is 226 g/mol. The minimum Gasteiger partial charge on any atom is -0.487 e. The number of ether oxygens (including phenoxy) is 1. The molecule has 1 aromatic carbocycles. The zero-order valence-electron chi connectivity index (χ0n) is 9.78. The number of hydrogen-bond acceptors (Lipinski definition) is 3. The molecule has 0 saturated carbocycles. The lowest BCUT2D eigenvalue weighted by Crippen LogP contribution is -1.95. The molecule has 0 bridgehead atoms. The first-order valence-corrected chi connectivity index (χ1v) is 5.73. The van der Waals surface area contributed by atoms with Crippen LogP contribution in [0.2, 0.25) is 0 Å². The Morgan fingerprint density at radius 1 is 1.06 bits per heavy atom. The second-order valence-corrected chi connectivity index (χ2v) is 4.01. The fourth-order valence-corrected chi connectivity index (χ4v) is 1.83. The van der Waals surface area contributed by atoms with E-state index in [1.807, 2.05) is 59.1 Å². The first kappa shape index (κ1) is 10.7. The smallest absolute Gasteiger partial charge is 0.138 e. The van der Waals surface area contributed by atoms with E-state index in [-0.39, 0.29) is 0 Å². The number of hydrogen-bond donors (Lipinski definition) is 1. The Balaban J connectivity index is 1.81. The number of pyridine rings is 1. The van der Waals surface area contributed by atoms with E-state index in [4.69, 9.17) is 10.5 Å². The summed E-state index contributed by atoms with van der Waals surface area (Å²) in [6, 6.07) is 15.3. The Morgan fingerprint density at radius 3 is 2.67 bits per heavy atom. The van der Waals surface area contributed by atoms with Gasteiger partial charge in [0.05, 0.1) is 5.69 Å². The average molecular weight is 239 g/mol. The van der Waals surface area contributed by atoms with Gasteiger partial charge in [0.25, 0.3) is 0 Å². The number of fused-ring (bicyclic) bond motifs is 1. The highest BCUT2D eigenvalue weighted by Crippen LogP contribution is 2.14. The van der Waals surface area contributed by atoms with E-state index < -0.39 is 0 Å². The van der Waals surface area contributed by atoms with Crippen LogP contribution in [0.1, 0.15) is 5.69 Å². The molecule has 0 fully saturated rings. The van der Waals surface area contributed by atoms with Crippen LogP contribution in [-0.4, -0.2) is 9.38 Å². The summed E-state index contributed by atoms with van der Waals surface area (Å²) in [6.45, 7) is 0.436. The van der Waals surface area contributed by atoms with Crippen molar-refractivity contribution < 1.29 is 4.74 Å². The third-order valence-electron chi connectivity index (χ3n) is 2.70. The molecule has 2 aromatic heterocycles. The normalized spacial score (nSPS) is 10.7. The van der Waals surface area contributed by atoms with Gasteiger partial charge in [0, 0.05) is 6.20 Å². The molecule has 0 aliphatic rings. The number of nitrogen functional groups attached to an aromatic ring is 1. The summed E-state index contributed by atoms with van der Waals surface area (Å²) >= 11 is 0. The quantitative estimate of drug-likeness (QED) is 0.764. The van der Waals surface area contributed by atoms with Gasteiger partial charge in [-0.15, -0.1) is 0 Å². The average Bonchev–Trinajstić information content (AvgIpc) is 2.82. The molecule has 2 heterocycles. The minimum atomic E-state index is 0.436. The second kappa shape index (κ2) is 4.41. The van der Waals surface area contributed by atoms with Crippen LogP contribution in [0.25, 0.3) is 5.65 Å². The number of para-hydroxylation sites is 1. The van der Waals surface area contributed by atoms with E-state index in [9.17, 15) is 0 Å². The molecule has 3 aromatic rings. The zero-order valence-corrected chi connectivity index (χ0v) is 9.78. The van der Waals surface area contributed by atoms with Crippen LogP contribution in [0, 0.1) is 0 Å². The lowest BCUT2D eigenvalue weighted by atomic mass is 10.3. The van der Waals surface area contributed by atoms with Crippen molar-refractivity contribution in [2.24, 2.45) is 0 Å². The number of imidazole rings is 1. The van der Waals surface area contributed by atoms with Crippen molar-refractivity contribution in [3.05, 3.63) is 60.4 Å². The monoisotopic (exact) mass is 239 g/mol. The molecule has 18 heavy (non-hydrogen) atoms. The summed E-state index contributed by atoms with van der Waals surface area (Å²) in [4.78, 5) is 4.45. The molecule has 0 saturated heterocycles. The molecule has 90 valence electrons. The van der Waals surface area contributed by atoms with Crippen molar-refractivity contribution in [1.82, 2.24) is 9.38 Å². The maximum Gasteiger partial charge on any atom is 0.138 e. The van der Waals surface area contributed by atoms with E-state index in [1.165, 1.54) is 0 Å². The number of rotatable bonds is 3. The maximum atomic E-state index is 5.86. The van der Waals surface area contributed by atoms with Gasteiger partial charge < -0.3 is 10.5 Å². The van der Waals surface area contributed by atoms with Gasteiger partial charge in [0.15, 0.2) is 0 Å². The Labute approximate surface area is 105 Å². The molecule has 0 unspecified atom stereocenters. The first-order chi connectivity index (χ1) is 8.83. The molecule has 0 amide bonds. The largest absolute Gasteiger partial charge is 0.487 e. The Bertz CT molecular complexity index is 661. The number of nitrogens with zero attached hydrogens (tertiary/aromatic N) is 2. The number of aromatic nitrogens is 2. The summed E-state index contributed by atoms with van der Waals surface area (Å²) < 4.78 is 7.50. The van der Waals surface area contributed by atoms with Crippen LogP contribution in [0.5, 0.6) is 5.75 Å². The highest BCUT2D eigenvalue weighted by Gasteiger charge is 2.03. The van der Waals surface area contributed by atoms with Gasteiger partial charge in [-0.25, -0.2) is 4.98 Å². The van der Waals surface area contributed by atoms with Crippen molar-refractivity contribution in [2.75, 3.05) is 5.73 Å². The van der Waals surface area contributed by atoms with E-state index in [0.717, 1.165) is 17.1 Å². The van der Waals surface area contributed by atoms with Gasteiger partial charge in [0.2, 0.25) is 0 Å². The summed E-state index contributed by atoms with van der Waals surface area (Å²) in [6.07, 6.45) is 1.90. The predicted molar refractivity (Wildman–Crippen MR) is 70.4 cm³/mol. The Hall–Kier alpha value is -2.49. The molecule has 4 heteroatoms. The van der Waals surface area contributed by atoms with Crippen LogP contribution in [0.3, 0.4) is 0 Å². The fourth-order valence-electron chi connectivity index (χ4n) is 1.83. The third-order valence-corrected chi connectivity index (χ3v) is 2.70. The Morgan fingerprint density at radius 2 is 1.89 bits per heavy atom. The van der Waals surface area contributed by atoms with Crippen LogP contribution < -0.4 is 10.5 Å². The molecule has 0 spiro atoms. The summed E-state index contributed by atoms with van der Waals surface area (Å²) in [5, 5.41) is 0. The van der Waals surface area contributed by atoms with E-state index in [2.05, 4.69) is 4.98 Å². The maximum absolute atomic E-state index is 5.86. The SMILES string of the molecule is Nc1cccc2nc(COc3ccccc3)cn12. The Kier molecular flexibility index (Phi) is 2.61. The summed E-state index contributed by atoms with van der Waals surface area (Å²) in [7, 11) is 0. The predicted octanol–water partition coefficient (Wildman–Crippen LogP) is 2.50. The highest BCUT2D eigenvalue weighted by atomic mass is 16.5. The van der Waals surface area contributed by atoms with Crippen molar-refractivity contribution in [3.63, 3.8) is 0 Å². The summed E-state index contributed by atoms with van der Waals surface area (Å²) in [5.41, 5.74) is 7.55. The number of nitrogens with two attached hydrogens (primary N) is 1. The van der Waals surface area contributed by atoms with Crippen LogP contribution in [-0.2, 0) is 6.61 Å². The van der Waals surface area contributed by atoms with Crippen molar-refractivity contribution in [2.45, 2.75) is 6.61 Å². The fraction of sp³-hybridized carbons (Fsp3) is 0.0714. The lowest BCUT2D eigenvalue weighted by Gasteiger charge is -2.02. The zero-order chi connectivity index (χ0) is 12.4. The van der Waals surface area contributed by atoms with Crippen LogP contribution >= 0.6 is 0 Å². The molecule has 0 aliphatic heterocycles. The van der Waals surface area contributed by atoms with Gasteiger partial charge in [-0.05, 0) is 24.3 Å². The highest BCUT2D eigenvalue weighted by molar-refractivity contribution is 5.48. The van der Waals surface area contributed by atoms with Crippen LogP contribution in [0.4, 0.5) is 5.82 Å². The second-order valence-electron chi connectivity index (χ2n) is 4.01. The number of anilines is 1. The van der Waals surface area contributed by atoms with Crippen LogP contribution in [0.15, 0.2) is 54.7 Å². The van der Waals surface area contributed by atoms with E-state index in [1.54, 1.807) is 0 Å². The summed E-state index contributed by atoms with van der Waals surface area (Å²) in [5.74, 6) is 1.51. The minimum absolute atomic E-state index is 0.436. The standard InChI is InChI=1S/C14H13N3O/c15-13-7-4-8-14-16-11(9-17(13)14)10-18-12-5-2-1-3-6-12/h1-9H,10,15H2. The molecule has 0 radical (unpaired) electrons. The van der Waals surface area contributed by atoms with Crippen molar-refractivity contribution in [3.8, 4) is 5.75 Å². The van der Waals surface area contributed by atoms with Gasteiger partial charge in [-0.2, -0.15) is 0 Å². The first-order valence-electron chi connectivity index (χ1n) is 5.73. The van der Waals surface area contributed by atoms with Crippen molar-refractivity contribution >= 4 is 11.5 Å². The molecule has 2 N–H and O–H groups in total. The molecule has 0 atom stereocenters. The van der Waals surface area contributed by atoms with Gasteiger partial charge >= 0.3 is 0 Å².